The first-order valence-corrected chi connectivity index (χ1v) is 9.99. The molecule has 0 saturated carbocycles. The highest BCUT2D eigenvalue weighted by molar-refractivity contribution is 6.34. The average molecular weight is 439 g/mol. The lowest BCUT2D eigenvalue weighted by atomic mass is 10.1. The number of anilines is 2. The van der Waals surface area contributed by atoms with E-state index in [1.165, 1.54) is 31.2 Å². The first-order valence-electron chi connectivity index (χ1n) is 9.99. The van der Waals surface area contributed by atoms with Crippen LogP contribution in [0.1, 0.15) is 43.6 Å². The van der Waals surface area contributed by atoms with Crippen LogP contribution in [0.5, 0.6) is 0 Å². The van der Waals surface area contributed by atoms with Gasteiger partial charge in [-0.25, -0.2) is 9.69 Å². The second-order valence-electron chi connectivity index (χ2n) is 7.24. The van der Waals surface area contributed by atoms with Gasteiger partial charge in [0.2, 0.25) is 0 Å². The molecule has 0 aromatic heterocycles. The number of hydrogen-bond acceptors (Lipinski definition) is 6. The van der Waals surface area contributed by atoms with Crippen LogP contribution in [-0.4, -0.2) is 29.8 Å². The average Bonchev–Trinajstić information content (AvgIpc) is 3.09. The lowest BCUT2D eigenvalue weighted by Crippen LogP contribution is -2.31. The number of rotatable bonds is 5. The molecule has 0 spiro atoms. The van der Waals surface area contributed by atoms with Crippen LogP contribution in [0.15, 0.2) is 72.8 Å². The van der Waals surface area contributed by atoms with Crippen molar-refractivity contribution in [2.24, 2.45) is 0 Å². The Morgan fingerprint density at radius 2 is 1.58 bits per heavy atom. The van der Waals surface area contributed by atoms with Gasteiger partial charge in [0.1, 0.15) is 6.07 Å². The molecular formula is C25H17N3O5. The van der Waals surface area contributed by atoms with Crippen LogP contribution in [0.4, 0.5) is 11.4 Å². The van der Waals surface area contributed by atoms with Crippen LogP contribution in [0.2, 0.25) is 0 Å². The van der Waals surface area contributed by atoms with Crippen molar-refractivity contribution in [3.05, 3.63) is 95.1 Å². The van der Waals surface area contributed by atoms with Gasteiger partial charge in [-0.3, -0.25) is 14.4 Å². The lowest BCUT2D eigenvalue weighted by molar-refractivity contribution is -0.123. The van der Waals surface area contributed by atoms with Gasteiger partial charge in [0, 0.05) is 0 Å². The number of fused-ring (bicyclic) bond motifs is 1. The van der Waals surface area contributed by atoms with Crippen molar-refractivity contribution in [2.45, 2.75) is 13.0 Å². The van der Waals surface area contributed by atoms with E-state index in [0.717, 1.165) is 4.90 Å². The Kier molecular flexibility index (Phi) is 5.70. The Morgan fingerprint density at radius 1 is 0.939 bits per heavy atom. The molecule has 0 bridgehead atoms. The molecule has 1 aliphatic heterocycles. The number of para-hydroxylation sites is 1. The number of nitriles is 1. The Hall–Kier alpha value is -4.77. The van der Waals surface area contributed by atoms with Crippen molar-refractivity contribution >= 4 is 35.1 Å². The Labute approximate surface area is 189 Å². The zero-order chi connectivity index (χ0) is 23.5. The molecule has 0 fully saturated rings. The molecule has 0 radical (unpaired) electrons. The number of esters is 1. The summed E-state index contributed by atoms with van der Waals surface area (Å²) in [6, 6.07) is 20.8. The number of nitrogens with one attached hydrogen (secondary N) is 1. The molecule has 162 valence electrons. The number of amides is 3. The number of ether oxygens (including phenoxy) is 1. The van der Waals surface area contributed by atoms with Crippen LogP contribution < -0.4 is 10.2 Å². The van der Waals surface area contributed by atoms with Crippen LogP contribution in [0.3, 0.4) is 0 Å². The van der Waals surface area contributed by atoms with E-state index in [1.807, 2.05) is 6.07 Å². The summed E-state index contributed by atoms with van der Waals surface area (Å²) in [7, 11) is 0. The lowest BCUT2D eigenvalue weighted by Gasteiger charge is -2.16. The second-order valence-corrected chi connectivity index (χ2v) is 7.24. The van der Waals surface area contributed by atoms with Gasteiger partial charge in [0.05, 0.1) is 33.6 Å². The van der Waals surface area contributed by atoms with Crippen molar-refractivity contribution in [2.75, 3.05) is 10.2 Å². The fourth-order valence-corrected chi connectivity index (χ4v) is 3.40. The van der Waals surface area contributed by atoms with Gasteiger partial charge in [-0.1, -0.05) is 30.3 Å². The van der Waals surface area contributed by atoms with E-state index in [0.29, 0.717) is 16.8 Å². The van der Waals surface area contributed by atoms with E-state index in [2.05, 4.69) is 5.32 Å². The quantitative estimate of drug-likeness (QED) is 0.480. The van der Waals surface area contributed by atoms with Crippen molar-refractivity contribution in [1.29, 1.82) is 5.26 Å². The van der Waals surface area contributed by atoms with Gasteiger partial charge in [-0.2, -0.15) is 5.26 Å². The Bertz CT molecular complexity index is 1310. The molecule has 1 N–H and O–H groups in total. The molecule has 1 atom stereocenters. The van der Waals surface area contributed by atoms with E-state index in [4.69, 9.17) is 10.00 Å². The molecule has 8 heteroatoms. The highest BCUT2D eigenvalue weighted by Crippen LogP contribution is 2.29. The Morgan fingerprint density at radius 3 is 2.24 bits per heavy atom. The third-order valence-electron chi connectivity index (χ3n) is 5.09. The van der Waals surface area contributed by atoms with Gasteiger partial charge in [-0.15, -0.1) is 0 Å². The minimum atomic E-state index is -1.16. The summed E-state index contributed by atoms with van der Waals surface area (Å²) in [6.07, 6.45) is -1.16. The fourth-order valence-electron chi connectivity index (χ4n) is 3.40. The summed E-state index contributed by atoms with van der Waals surface area (Å²) < 4.78 is 5.25. The van der Waals surface area contributed by atoms with Gasteiger partial charge in [0.25, 0.3) is 17.7 Å². The zero-order valence-corrected chi connectivity index (χ0v) is 17.4. The van der Waals surface area contributed by atoms with Gasteiger partial charge < -0.3 is 10.1 Å². The molecule has 3 aromatic rings. The SMILES string of the molecule is CC(OC(=O)c1cccc(N2C(=O)c3ccccc3C2=O)c1)C(=O)Nc1ccccc1C#N. The van der Waals surface area contributed by atoms with E-state index in [1.54, 1.807) is 48.5 Å². The predicted octanol–water partition coefficient (Wildman–Crippen LogP) is 3.54. The van der Waals surface area contributed by atoms with Gasteiger partial charge in [-0.05, 0) is 49.4 Å². The maximum Gasteiger partial charge on any atom is 0.338 e. The van der Waals surface area contributed by atoms with Crippen molar-refractivity contribution in [3.8, 4) is 6.07 Å². The highest BCUT2D eigenvalue weighted by Gasteiger charge is 2.36. The largest absolute Gasteiger partial charge is 0.449 e. The highest BCUT2D eigenvalue weighted by atomic mass is 16.5. The molecule has 1 aliphatic rings. The van der Waals surface area contributed by atoms with E-state index < -0.39 is 29.8 Å². The molecule has 8 nitrogen and oxygen atoms in total. The van der Waals surface area contributed by atoms with E-state index >= 15 is 0 Å². The monoisotopic (exact) mass is 439 g/mol. The third-order valence-corrected chi connectivity index (χ3v) is 5.09. The smallest absolute Gasteiger partial charge is 0.338 e. The molecule has 3 aromatic carbocycles. The van der Waals surface area contributed by atoms with Crippen LogP contribution in [0, 0.1) is 11.3 Å². The molecule has 1 heterocycles. The number of carbonyl (C=O) groups excluding carboxylic acids is 4. The van der Waals surface area contributed by atoms with E-state index in [-0.39, 0.29) is 16.8 Å². The maximum atomic E-state index is 12.7. The number of hydrogen-bond donors (Lipinski definition) is 1. The number of imide groups is 1. The minimum absolute atomic E-state index is 0.0705. The van der Waals surface area contributed by atoms with Crippen LogP contribution >= 0.6 is 0 Å². The summed E-state index contributed by atoms with van der Waals surface area (Å²) in [6.45, 7) is 1.40. The van der Waals surface area contributed by atoms with Gasteiger partial charge >= 0.3 is 5.97 Å². The molecular weight excluding hydrogens is 422 g/mol. The zero-order valence-electron chi connectivity index (χ0n) is 17.4. The fraction of sp³-hybridized carbons (Fsp3) is 0.0800. The van der Waals surface area contributed by atoms with Crippen molar-refractivity contribution in [3.63, 3.8) is 0 Å². The molecule has 0 aliphatic carbocycles. The summed E-state index contributed by atoms with van der Waals surface area (Å²) >= 11 is 0. The number of carbonyl (C=O) groups is 4. The maximum absolute atomic E-state index is 12.7. The molecule has 33 heavy (non-hydrogen) atoms. The van der Waals surface area contributed by atoms with Crippen molar-refractivity contribution in [1.82, 2.24) is 0 Å². The summed E-state index contributed by atoms with van der Waals surface area (Å²) in [5, 5.41) is 11.7. The standard InChI is InChI=1S/C25H17N3O5/c1-15(22(29)27-21-12-5-2-7-17(21)14-26)33-25(32)16-8-6-9-18(13-16)28-23(30)19-10-3-4-11-20(19)24(28)31/h2-13,15H,1H3,(H,27,29). The number of benzene rings is 3. The molecule has 4 rings (SSSR count). The van der Waals surface area contributed by atoms with Crippen LogP contribution in [-0.2, 0) is 9.53 Å². The second kappa shape index (κ2) is 8.77. The van der Waals surface area contributed by atoms with Crippen LogP contribution in [0.25, 0.3) is 0 Å². The molecule has 0 saturated heterocycles. The van der Waals surface area contributed by atoms with E-state index in [9.17, 15) is 19.2 Å². The predicted molar refractivity (Wildman–Crippen MR) is 119 cm³/mol. The van der Waals surface area contributed by atoms with Gasteiger partial charge in [0.15, 0.2) is 6.10 Å². The number of nitrogens with zero attached hydrogens (tertiary/aromatic N) is 2. The summed E-state index contributed by atoms with van der Waals surface area (Å²) in [5.74, 6) is -2.37. The van der Waals surface area contributed by atoms with Crippen molar-refractivity contribution < 1.29 is 23.9 Å². The topological polar surface area (TPSA) is 117 Å². The summed E-state index contributed by atoms with van der Waals surface area (Å²) in [5.41, 5.74) is 1.45. The minimum Gasteiger partial charge on any atom is -0.449 e. The first-order chi connectivity index (χ1) is 15.9. The molecule has 3 amide bonds. The first kappa shape index (κ1) is 21.5. The normalized spacial score (nSPS) is 13.2. The molecule has 1 unspecified atom stereocenters. The summed E-state index contributed by atoms with van der Waals surface area (Å²) in [4.78, 5) is 51.5. The third kappa shape index (κ3) is 4.07. The Balaban J connectivity index is 1.48.